The van der Waals surface area contributed by atoms with Gasteiger partial charge in [0.15, 0.2) is 0 Å². The van der Waals surface area contributed by atoms with E-state index in [-0.39, 0.29) is 43.1 Å². The van der Waals surface area contributed by atoms with Gasteiger partial charge in [-0.1, -0.05) is 22.0 Å². The Morgan fingerprint density at radius 3 is 2.62 bits per heavy atom. The van der Waals surface area contributed by atoms with E-state index >= 15 is 0 Å². The first-order chi connectivity index (χ1) is 9.38. The van der Waals surface area contributed by atoms with Gasteiger partial charge in [-0.2, -0.15) is 0 Å². The molecule has 5 nitrogen and oxygen atoms in total. The first-order valence-corrected chi connectivity index (χ1v) is 7.26. The maximum Gasteiger partial charge on any atom is 0.226 e. The van der Waals surface area contributed by atoms with Gasteiger partial charge in [0.1, 0.15) is 0 Å². The first kappa shape index (κ1) is 19.9. The van der Waals surface area contributed by atoms with Crippen molar-refractivity contribution in [2.24, 2.45) is 5.73 Å². The minimum absolute atomic E-state index is 0. The van der Waals surface area contributed by atoms with Crippen LogP contribution in [0, 0.1) is 6.92 Å². The molecule has 0 aliphatic heterocycles. The molecule has 0 bridgehead atoms. The molecule has 1 unspecified atom stereocenters. The first-order valence-electron chi connectivity index (χ1n) is 6.46. The van der Waals surface area contributed by atoms with Crippen LogP contribution in [0.3, 0.4) is 0 Å². The van der Waals surface area contributed by atoms with Gasteiger partial charge in [-0.25, -0.2) is 0 Å². The maximum atomic E-state index is 11.8. The lowest BCUT2D eigenvalue weighted by atomic mass is 10.2. The van der Waals surface area contributed by atoms with Crippen LogP contribution in [0.15, 0.2) is 22.7 Å². The number of amides is 2. The van der Waals surface area contributed by atoms with Crippen LogP contribution >= 0.6 is 28.3 Å². The smallest absolute Gasteiger partial charge is 0.226 e. The Morgan fingerprint density at radius 1 is 1.33 bits per heavy atom. The van der Waals surface area contributed by atoms with Crippen molar-refractivity contribution < 1.29 is 9.59 Å². The number of nitrogens with one attached hydrogen (secondary N) is 2. The monoisotopic (exact) mass is 377 g/mol. The minimum Gasteiger partial charge on any atom is -0.356 e. The lowest BCUT2D eigenvalue weighted by molar-refractivity contribution is -0.121. The SMILES string of the molecule is Cc1ccc(Br)cc1NC(=O)CCNC(=O)CC(C)N.Cl. The van der Waals surface area contributed by atoms with E-state index in [1.54, 1.807) is 6.92 Å². The molecule has 0 saturated carbocycles. The third-order valence-corrected chi connectivity index (χ3v) is 3.15. The summed E-state index contributed by atoms with van der Waals surface area (Å²) in [6.07, 6.45) is 0.503. The summed E-state index contributed by atoms with van der Waals surface area (Å²) in [5, 5.41) is 5.49. The maximum absolute atomic E-state index is 11.8. The summed E-state index contributed by atoms with van der Waals surface area (Å²) in [5.41, 5.74) is 7.27. The van der Waals surface area contributed by atoms with Crippen molar-refractivity contribution >= 4 is 45.8 Å². The topological polar surface area (TPSA) is 84.2 Å². The van der Waals surface area contributed by atoms with Crippen LogP contribution in [0.4, 0.5) is 5.69 Å². The molecule has 0 aliphatic rings. The predicted octanol–water partition coefficient (Wildman–Crippen LogP) is 2.36. The van der Waals surface area contributed by atoms with Gasteiger partial charge >= 0.3 is 0 Å². The number of carbonyl (C=O) groups is 2. The Kier molecular flexibility index (Phi) is 9.24. The number of benzene rings is 1. The Hall–Kier alpha value is -1.11. The van der Waals surface area contributed by atoms with E-state index in [1.165, 1.54) is 0 Å². The average molecular weight is 379 g/mol. The predicted molar refractivity (Wildman–Crippen MR) is 90.6 cm³/mol. The second-order valence-electron chi connectivity index (χ2n) is 4.79. The second kappa shape index (κ2) is 9.76. The molecule has 0 heterocycles. The molecule has 118 valence electrons. The Morgan fingerprint density at radius 2 is 2.00 bits per heavy atom. The fraction of sp³-hybridized carbons (Fsp3) is 0.429. The summed E-state index contributed by atoms with van der Waals surface area (Å²) < 4.78 is 0.906. The fourth-order valence-electron chi connectivity index (χ4n) is 1.62. The third-order valence-electron chi connectivity index (χ3n) is 2.66. The van der Waals surface area contributed by atoms with E-state index in [0.29, 0.717) is 6.54 Å². The Bertz CT molecular complexity index is 495. The van der Waals surface area contributed by atoms with Crippen LogP contribution in [0.5, 0.6) is 0 Å². The molecule has 7 heteroatoms. The standard InChI is InChI=1S/C14H20BrN3O2.ClH/c1-9-3-4-11(15)8-12(9)18-13(19)5-6-17-14(20)7-10(2)16;/h3-4,8,10H,5-7,16H2,1-2H3,(H,17,20)(H,18,19);1H. The molecule has 0 aromatic heterocycles. The molecule has 1 aromatic rings. The number of hydrogen-bond donors (Lipinski definition) is 3. The van der Waals surface area contributed by atoms with Crippen molar-refractivity contribution in [1.29, 1.82) is 0 Å². The molecule has 0 fully saturated rings. The summed E-state index contributed by atoms with van der Waals surface area (Å²) in [5.74, 6) is -0.265. The Balaban J connectivity index is 0.00000400. The normalized spacial score (nSPS) is 11.2. The van der Waals surface area contributed by atoms with Crippen LogP contribution < -0.4 is 16.4 Å². The molecule has 1 aromatic carbocycles. The van der Waals surface area contributed by atoms with Gasteiger partial charge in [-0.15, -0.1) is 12.4 Å². The van der Waals surface area contributed by atoms with Crippen LogP contribution in [-0.2, 0) is 9.59 Å². The largest absolute Gasteiger partial charge is 0.356 e. The van der Waals surface area contributed by atoms with Crippen LogP contribution in [0.1, 0.15) is 25.3 Å². The second-order valence-corrected chi connectivity index (χ2v) is 5.70. The molecule has 0 radical (unpaired) electrons. The van der Waals surface area contributed by atoms with Crippen molar-refractivity contribution in [3.05, 3.63) is 28.2 Å². The number of carbonyl (C=O) groups excluding carboxylic acids is 2. The average Bonchev–Trinajstić information content (AvgIpc) is 2.33. The zero-order valence-electron chi connectivity index (χ0n) is 12.1. The zero-order valence-corrected chi connectivity index (χ0v) is 14.5. The highest BCUT2D eigenvalue weighted by Crippen LogP contribution is 2.20. The van der Waals surface area contributed by atoms with E-state index in [0.717, 1.165) is 15.7 Å². The van der Waals surface area contributed by atoms with Crippen LogP contribution in [0.2, 0.25) is 0 Å². The molecule has 0 spiro atoms. The van der Waals surface area contributed by atoms with Gasteiger partial charge in [0.25, 0.3) is 0 Å². The van der Waals surface area contributed by atoms with E-state index in [1.807, 2.05) is 25.1 Å². The lowest BCUT2D eigenvalue weighted by Gasteiger charge is -2.10. The molecule has 1 atom stereocenters. The van der Waals surface area contributed by atoms with Gasteiger partial charge in [0.05, 0.1) is 0 Å². The number of rotatable bonds is 6. The summed E-state index contributed by atoms with van der Waals surface area (Å²) >= 11 is 3.36. The number of hydrogen-bond acceptors (Lipinski definition) is 3. The molecular formula is C14H21BrClN3O2. The summed E-state index contributed by atoms with van der Waals surface area (Å²) in [6, 6.07) is 5.51. The molecule has 21 heavy (non-hydrogen) atoms. The van der Waals surface area contributed by atoms with Gasteiger partial charge < -0.3 is 16.4 Å². The van der Waals surface area contributed by atoms with Crippen molar-refractivity contribution in [2.75, 3.05) is 11.9 Å². The molecule has 0 saturated heterocycles. The lowest BCUT2D eigenvalue weighted by Crippen LogP contribution is -2.32. The highest BCUT2D eigenvalue weighted by atomic mass is 79.9. The Labute approximate surface area is 139 Å². The van der Waals surface area contributed by atoms with Crippen LogP contribution in [-0.4, -0.2) is 24.4 Å². The molecule has 0 aliphatic carbocycles. The summed E-state index contributed by atoms with van der Waals surface area (Å²) in [7, 11) is 0. The van der Waals surface area contributed by atoms with Crippen molar-refractivity contribution in [3.63, 3.8) is 0 Å². The highest BCUT2D eigenvalue weighted by Gasteiger charge is 2.08. The van der Waals surface area contributed by atoms with E-state index in [9.17, 15) is 9.59 Å². The van der Waals surface area contributed by atoms with E-state index < -0.39 is 0 Å². The van der Waals surface area contributed by atoms with E-state index in [2.05, 4.69) is 26.6 Å². The zero-order chi connectivity index (χ0) is 15.1. The third kappa shape index (κ3) is 8.04. The molecule has 1 rings (SSSR count). The molecular weight excluding hydrogens is 358 g/mol. The number of nitrogens with two attached hydrogens (primary N) is 1. The number of halogens is 2. The van der Waals surface area contributed by atoms with E-state index in [4.69, 9.17) is 5.73 Å². The van der Waals surface area contributed by atoms with Gasteiger partial charge in [0.2, 0.25) is 11.8 Å². The van der Waals surface area contributed by atoms with Crippen molar-refractivity contribution in [1.82, 2.24) is 5.32 Å². The summed E-state index contributed by atoms with van der Waals surface area (Å²) in [4.78, 5) is 23.1. The van der Waals surface area contributed by atoms with Gasteiger partial charge in [-0.3, -0.25) is 9.59 Å². The van der Waals surface area contributed by atoms with Crippen LogP contribution in [0.25, 0.3) is 0 Å². The van der Waals surface area contributed by atoms with Gasteiger partial charge in [-0.05, 0) is 31.5 Å². The quantitative estimate of drug-likeness (QED) is 0.710. The molecule has 2 amide bonds. The number of aryl methyl sites for hydroxylation is 1. The molecule has 4 N–H and O–H groups in total. The van der Waals surface area contributed by atoms with Crippen molar-refractivity contribution in [2.45, 2.75) is 32.7 Å². The number of anilines is 1. The minimum atomic E-state index is -0.173. The van der Waals surface area contributed by atoms with Gasteiger partial charge in [0, 0.05) is 35.6 Å². The highest BCUT2D eigenvalue weighted by molar-refractivity contribution is 9.10. The summed E-state index contributed by atoms with van der Waals surface area (Å²) in [6.45, 7) is 4.00. The van der Waals surface area contributed by atoms with Crippen molar-refractivity contribution in [3.8, 4) is 0 Å². The fourth-order valence-corrected chi connectivity index (χ4v) is 1.98.